The molecule has 5 nitrogen and oxygen atoms in total. The number of Topliss-reactive ketones (excluding diaryl/α,β-unsaturated/α-hetero) is 1. The predicted molar refractivity (Wildman–Crippen MR) is 109 cm³/mol. The molecule has 0 saturated carbocycles. The van der Waals surface area contributed by atoms with Crippen molar-refractivity contribution in [3.05, 3.63) is 81.5 Å². The largest absolute Gasteiger partial charge is 0.344 e. The summed E-state index contributed by atoms with van der Waals surface area (Å²) in [5.41, 5.74) is 3.69. The molecule has 0 aliphatic carbocycles. The number of carbonyl (C=O) groups excluding carboxylic acids is 1. The Morgan fingerprint density at radius 2 is 1.89 bits per heavy atom. The molecule has 0 radical (unpaired) electrons. The molecule has 0 fully saturated rings. The van der Waals surface area contributed by atoms with Crippen LogP contribution in [-0.2, 0) is 13.1 Å². The molecule has 0 amide bonds. The Hall–Kier alpha value is -2.60. The summed E-state index contributed by atoms with van der Waals surface area (Å²) < 4.78 is 4.04. The van der Waals surface area contributed by atoms with Crippen LogP contribution in [0.3, 0.4) is 0 Å². The average Bonchev–Trinajstić information content (AvgIpc) is 2.95. The van der Waals surface area contributed by atoms with Gasteiger partial charge in [-0.2, -0.15) is 4.98 Å². The molecule has 1 aromatic carbocycles. The molecule has 0 unspecified atom stereocenters. The van der Waals surface area contributed by atoms with Gasteiger partial charge in [0.1, 0.15) is 0 Å². The molecule has 0 atom stereocenters. The molecule has 0 saturated heterocycles. The first kappa shape index (κ1) is 19.2. The second-order valence-corrected chi connectivity index (χ2v) is 7.35. The molecule has 2 aromatic heterocycles. The van der Waals surface area contributed by atoms with Gasteiger partial charge in [-0.15, -0.1) is 0 Å². The van der Waals surface area contributed by atoms with Crippen LogP contribution >= 0.6 is 11.8 Å². The number of nitrogens with zero attached hydrogens (tertiary/aromatic N) is 3. The van der Waals surface area contributed by atoms with Crippen LogP contribution < -0.4 is 5.56 Å². The van der Waals surface area contributed by atoms with Crippen LogP contribution in [0, 0.1) is 13.8 Å². The van der Waals surface area contributed by atoms with Gasteiger partial charge in [-0.05, 0) is 32.4 Å². The van der Waals surface area contributed by atoms with Gasteiger partial charge in [-0.3, -0.25) is 9.59 Å². The highest BCUT2D eigenvalue weighted by molar-refractivity contribution is 7.99. The maximum atomic E-state index is 12.8. The fraction of sp³-hybridized carbons (Fsp3) is 0.286. The lowest BCUT2D eigenvalue weighted by molar-refractivity contribution is 0.102. The van der Waals surface area contributed by atoms with E-state index in [1.807, 2.05) is 49.6 Å². The highest BCUT2D eigenvalue weighted by Gasteiger charge is 2.17. The Balaban J connectivity index is 1.77. The van der Waals surface area contributed by atoms with Gasteiger partial charge < -0.3 is 9.13 Å². The molecule has 27 heavy (non-hydrogen) atoms. The summed E-state index contributed by atoms with van der Waals surface area (Å²) in [6.45, 7) is 7.43. The van der Waals surface area contributed by atoms with Crippen LogP contribution in [0.2, 0.25) is 0 Å². The second-order valence-electron chi connectivity index (χ2n) is 6.40. The number of benzene rings is 1. The molecule has 3 rings (SSSR count). The van der Waals surface area contributed by atoms with Gasteiger partial charge in [0.2, 0.25) is 0 Å². The van der Waals surface area contributed by atoms with Gasteiger partial charge in [-0.1, -0.05) is 42.1 Å². The maximum absolute atomic E-state index is 12.8. The van der Waals surface area contributed by atoms with E-state index in [1.165, 1.54) is 23.4 Å². The first-order valence-electron chi connectivity index (χ1n) is 8.93. The molecule has 0 bridgehead atoms. The van der Waals surface area contributed by atoms with Crippen molar-refractivity contribution in [2.45, 2.75) is 39.0 Å². The van der Waals surface area contributed by atoms with E-state index in [1.54, 1.807) is 6.20 Å². The van der Waals surface area contributed by atoms with E-state index in [0.29, 0.717) is 11.7 Å². The fourth-order valence-electron chi connectivity index (χ4n) is 3.07. The van der Waals surface area contributed by atoms with Gasteiger partial charge in [0.25, 0.3) is 5.56 Å². The van der Waals surface area contributed by atoms with E-state index >= 15 is 0 Å². The van der Waals surface area contributed by atoms with E-state index in [4.69, 9.17) is 0 Å². The van der Waals surface area contributed by atoms with E-state index in [-0.39, 0.29) is 17.1 Å². The van der Waals surface area contributed by atoms with Crippen molar-refractivity contribution in [3.8, 4) is 0 Å². The Morgan fingerprint density at radius 1 is 1.15 bits per heavy atom. The van der Waals surface area contributed by atoms with Crippen LogP contribution in [0.25, 0.3) is 0 Å². The third-order valence-electron chi connectivity index (χ3n) is 4.58. The van der Waals surface area contributed by atoms with Crippen LogP contribution in [0.1, 0.15) is 34.2 Å². The number of ketones is 1. The van der Waals surface area contributed by atoms with Gasteiger partial charge in [0, 0.05) is 42.3 Å². The van der Waals surface area contributed by atoms with Crippen molar-refractivity contribution in [2.75, 3.05) is 5.75 Å². The third-order valence-corrected chi connectivity index (χ3v) is 5.57. The highest BCUT2D eigenvalue weighted by Crippen LogP contribution is 2.21. The smallest absolute Gasteiger partial charge is 0.273 e. The molecule has 0 N–H and O–H groups in total. The highest BCUT2D eigenvalue weighted by atomic mass is 32.2. The topological polar surface area (TPSA) is 56.9 Å². The molecular formula is C21H23N3O2S. The zero-order chi connectivity index (χ0) is 19.4. The summed E-state index contributed by atoms with van der Waals surface area (Å²) in [4.78, 5) is 28.3. The molecule has 140 valence electrons. The van der Waals surface area contributed by atoms with Gasteiger partial charge >= 0.3 is 0 Å². The van der Waals surface area contributed by atoms with Gasteiger partial charge in [0.15, 0.2) is 10.9 Å². The lowest BCUT2D eigenvalue weighted by atomic mass is 10.2. The van der Waals surface area contributed by atoms with Crippen LogP contribution in [-0.4, -0.2) is 25.7 Å². The SMILES string of the molecule is CCn1ccc(=O)nc1SCC(=O)c1cc(C)n(Cc2ccccc2)c1C. The van der Waals surface area contributed by atoms with E-state index in [2.05, 4.69) is 21.7 Å². The summed E-state index contributed by atoms with van der Waals surface area (Å²) in [6, 6.07) is 13.6. The number of rotatable bonds is 7. The van der Waals surface area contributed by atoms with Crippen LogP contribution in [0.4, 0.5) is 0 Å². The number of carbonyl (C=O) groups is 1. The summed E-state index contributed by atoms with van der Waals surface area (Å²) in [6.07, 6.45) is 1.72. The predicted octanol–water partition coefficient (Wildman–Crippen LogP) is 3.70. The first-order valence-corrected chi connectivity index (χ1v) is 9.92. The van der Waals surface area contributed by atoms with E-state index < -0.39 is 0 Å². The molecule has 0 spiro atoms. The molecule has 2 heterocycles. The van der Waals surface area contributed by atoms with Crippen molar-refractivity contribution < 1.29 is 4.79 Å². The molecular weight excluding hydrogens is 358 g/mol. The van der Waals surface area contributed by atoms with Crippen LogP contribution in [0.5, 0.6) is 0 Å². The summed E-state index contributed by atoms with van der Waals surface area (Å²) in [5.74, 6) is 0.305. The Labute approximate surface area is 163 Å². The van der Waals surface area contributed by atoms with Crippen molar-refractivity contribution in [1.82, 2.24) is 14.1 Å². The van der Waals surface area contributed by atoms with Crippen LogP contribution in [0.15, 0.2) is 58.6 Å². The molecule has 0 aliphatic rings. The minimum absolute atomic E-state index is 0.0492. The normalized spacial score (nSPS) is 10.9. The number of hydrogen-bond donors (Lipinski definition) is 0. The van der Waals surface area contributed by atoms with Crippen molar-refractivity contribution in [3.63, 3.8) is 0 Å². The zero-order valence-corrected chi connectivity index (χ0v) is 16.6. The van der Waals surface area contributed by atoms with Gasteiger partial charge in [0.05, 0.1) is 5.75 Å². The van der Waals surface area contributed by atoms with Crippen molar-refractivity contribution in [1.29, 1.82) is 0 Å². The van der Waals surface area contributed by atoms with Crippen molar-refractivity contribution >= 4 is 17.5 Å². The summed E-state index contributed by atoms with van der Waals surface area (Å²) in [5, 5.41) is 0.580. The number of aromatic nitrogens is 3. The Bertz CT molecular complexity index is 1010. The number of hydrogen-bond acceptors (Lipinski definition) is 4. The number of aryl methyl sites for hydroxylation is 2. The second kappa shape index (κ2) is 8.39. The monoisotopic (exact) mass is 381 g/mol. The molecule has 3 aromatic rings. The summed E-state index contributed by atoms with van der Waals surface area (Å²) in [7, 11) is 0. The lowest BCUT2D eigenvalue weighted by Gasteiger charge is -2.10. The minimum Gasteiger partial charge on any atom is -0.344 e. The Morgan fingerprint density at radius 3 is 2.59 bits per heavy atom. The maximum Gasteiger partial charge on any atom is 0.273 e. The zero-order valence-electron chi connectivity index (χ0n) is 15.8. The minimum atomic E-state index is -0.282. The van der Waals surface area contributed by atoms with E-state index in [9.17, 15) is 9.59 Å². The van der Waals surface area contributed by atoms with Crippen molar-refractivity contribution in [2.24, 2.45) is 0 Å². The average molecular weight is 382 g/mol. The standard InChI is InChI=1S/C21H23N3O2S/c1-4-23-11-10-20(26)22-21(23)27-14-19(25)18-12-15(2)24(16(18)3)13-17-8-6-5-7-9-17/h5-12H,4,13-14H2,1-3H3. The first-order chi connectivity index (χ1) is 13.0. The summed E-state index contributed by atoms with van der Waals surface area (Å²) >= 11 is 1.31. The quantitative estimate of drug-likeness (QED) is 0.356. The fourth-order valence-corrected chi connectivity index (χ4v) is 4.00. The molecule has 6 heteroatoms. The Kier molecular flexibility index (Phi) is 5.96. The molecule has 0 aliphatic heterocycles. The van der Waals surface area contributed by atoms with Gasteiger partial charge in [-0.25, -0.2) is 0 Å². The lowest BCUT2D eigenvalue weighted by Crippen LogP contribution is -2.14. The number of thioether (sulfide) groups is 1. The third kappa shape index (κ3) is 4.39. The van der Waals surface area contributed by atoms with E-state index in [0.717, 1.165) is 23.5 Å².